The predicted octanol–water partition coefficient (Wildman–Crippen LogP) is 1.50. The predicted molar refractivity (Wildman–Crippen MR) is 56.8 cm³/mol. The minimum atomic E-state index is -0.492. The second kappa shape index (κ2) is 3.03. The second-order valence-electron chi connectivity index (χ2n) is 4.72. The van der Waals surface area contributed by atoms with E-state index in [9.17, 15) is 4.39 Å². The zero-order valence-electron chi connectivity index (χ0n) is 8.54. The van der Waals surface area contributed by atoms with E-state index in [0.717, 1.165) is 12.8 Å². The van der Waals surface area contributed by atoms with Crippen molar-refractivity contribution in [1.82, 2.24) is 5.32 Å². The lowest BCUT2D eigenvalue weighted by Gasteiger charge is -2.33. The summed E-state index contributed by atoms with van der Waals surface area (Å²) in [5, 5.41) is 3.45. The summed E-state index contributed by atoms with van der Waals surface area (Å²) in [6, 6.07) is 7.62. The summed E-state index contributed by atoms with van der Waals surface area (Å²) < 4.78 is 13.7. The molecule has 0 aliphatic carbocycles. The topological polar surface area (TPSA) is 38.0 Å². The number of fused-ring (bicyclic) bond motifs is 2. The summed E-state index contributed by atoms with van der Waals surface area (Å²) in [4.78, 5) is 0. The summed E-state index contributed by atoms with van der Waals surface area (Å²) in [7, 11) is 0. The van der Waals surface area contributed by atoms with E-state index in [2.05, 4.69) is 5.32 Å². The van der Waals surface area contributed by atoms with Crippen LogP contribution < -0.4 is 11.1 Å². The van der Waals surface area contributed by atoms with E-state index in [0.29, 0.717) is 11.6 Å². The Morgan fingerprint density at radius 2 is 2.13 bits per heavy atom. The Morgan fingerprint density at radius 1 is 1.33 bits per heavy atom. The third kappa shape index (κ3) is 1.23. The molecule has 2 aliphatic rings. The molecule has 0 saturated carbocycles. The van der Waals surface area contributed by atoms with Crippen LogP contribution >= 0.6 is 0 Å². The normalized spacial score (nSPS) is 38.5. The molecule has 3 atom stereocenters. The summed E-state index contributed by atoms with van der Waals surface area (Å²) in [6.45, 7) is 0. The Kier molecular flexibility index (Phi) is 1.88. The number of benzene rings is 1. The van der Waals surface area contributed by atoms with Gasteiger partial charge in [-0.2, -0.15) is 0 Å². The van der Waals surface area contributed by atoms with Crippen molar-refractivity contribution >= 4 is 0 Å². The van der Waals surface area contributed by atoms with Crippen LogP contribution in [0.3, 0.4) is 0 Å². The van der Waals surface area contributed by atoms with Gasteiger partial charge in [0.15, 0.2) is 0 Å². The molecule has 2 aliphatic heterocycles. The molecular formula is C12H15FN2. The molecule has 0 amide bonds. The lowest BCUT2D eigenvalue weighted by atomic mass is 9.77. The van der Waals surface area contributed by atoms with Crippen molar-refractivity contribution < 1.29 is 4.39 Å². The highest BCUT2D eigenvalue weighted by atomic mass is 19.1. The molecule has 0 aromatic heterocycles. The van der Waals surface area contributed by atoms with Gasteiger partial charge in [-0.3, -0.25) is 0 Å². The second-order valence-corrected chi connectivity index (χ2v) is 4.72. The van der Waals surface area contributed by atoms with Gasteiger partial charge in [0.05, 0.1) is 5.54 Å². The van der Waals surface area contributed by atoms with Crippen molar-refractivity contribution in [3.05, 3.63) is 35.6 Å². The highest BCUT2D eigenvalue weighted by Crippen LogP contribution is 2.42. The number of hydrogen-bond acceptors (Lipinski definition) is 2. The highest BCUT2D eigenvalue weighted by molar-refractivity contribution is 5.31. The van der Waals surface area contributed by atoms with E-state index in [4.69, 9.17) is 5.73 Å². The van der Waals surface area contributed by atoms with Crippen LogP contribution in [0, 0.1) is 5.82 Å². The van der Waals surface area contributed by atoms with Crippen LogP contribution in [0.1, 0.15) is 24.8 Å². The zero-order chi connectivity index (χ0) is 10.5. The fourth-order valence-corrected chi connectivity index (χ4v) is 3.07. The van der Waals surface area contributed by atoms with Crippen LogP contribution in [0.5, 0.6) is 0 Å². The van der Waals surface area contributed by atoms with Crippen LogP contribution in [0.4, 0.5) is 4.39 Å². The van der Waals surface area contributed by atoms with Crippen molar-refractivity contribution in [2.24, 2.45) is 5.73 Å². The van der Waals surface area contributed by atoms with Crippen molar-refractivity contribution in [2.45, 2.75) is 36.9 Å². The number of halogens is 1. The van der Waals surface area contributed by atoms with Crippen molar-refractivity contribution in [2.75, 3.05) is 0 Å². The molecule has 3 heteroatoms. The highest BCUT2D eigenvalue weighted by Gasteiger charge is 2.50. The largest absolute Gasteiger partial charge is 0.320 e. The fraction of sp³-hybridized carbons (Fsp3) is 0.500. The summed E-state index contributed by atoms with van der Waals surface area (Å²) in [6.07, 6.45) is 3.10. The van der Waals surface area contributed by atoms with E-state index < -0.39 is 5.54 Å². The first-order chi connectivity index (χ1) is 7.20. The Bertz CT molecular complexity index is 393. The molecule has 80 valence electrons. The van der Waals surface area contributed by atoms with Crippen LogP contribution in [0.2, 0.25) is 0 Å². The van der Waals surface area contributed by atoms with Gasteiger partial charge >= 0.3 is 0 Å². The summed E-state index contributed by atoms with van der Waals surface area (Å²) in [5.41, 5.74) is 6.54. The minimum absolute atomic E-state index is 0.172. The first kappa shape index (κ1) is 9.31. The van der Waals surface area contributed by atoms with E-state index in [1.165, 1.54) is 12.5 Å². The SMILES string of the molecule is NC1(c2ccccc2F)CC2CCC1N2. The quantitative estimate of drug-likeness (QED) is 0.731. The Labute approximate surface area is 88.7 Å². The molecule has 3 rings (SSSR count). The van der Waals surface area contributed by atoms with Gasteiger partial charge in [0.2, 0.25) is 0 Å². The van der Waals surface area contributed by atoms with Crippen molar-refractivity contribution in [1.29, 1.82) is 0 Å². The maximum absolute atomic E-state index is 13.7. The average molecular weight is 206 g/mol. The van der Waals surface area contributed by atoms with Gasteiger partial charge in [0.1, 0.15) is 5.82 Å². The molecule has 0 spiro atoms. The molecule has 2 nitrogen and oxygen atoms in total. The molecule has 2 saturated heterocycles. The first-order valence-corrected chi connectivity index (χ1v) is 5.50. The van der Waals surface area contributed by atoms with Gasteiger partial charge in [-0.15, -0.1) is 0 Å². The smallest absolute Gasteiger partial charge is 0.128 e. The van der Waals surface area contributed by atoms with Crippen molar-refractivity contribution in [3.63, 3.8) is 0 Å². The van der Waals surface area contributed by atoms with Crippen molar-refractivity contribution in [3.8, 4) is 0 Å². The van der Waals surface area contributed by atoms with Crippen LogP contribution in [0.25, 0.3) is 0 Å². The first-order valence-electron chi connectivity index (χ1n) is 5.50. The molecule has 3 unspecified atom stereocenters. The number of nitrogens with two attached hydrogens (primary N) is 1. The monoisotopic (exact) mass is 206 g/mol. The van der Waals surface area contributed by atoms with E-state index in [-0.39, 0.29) is 11.9 Å². The molecular weight excluding hydrogens is 191 g/mol. The molecule has 2 fully saturated rings. The fourth-order valence-electron chi connectivity index (χ4n) is 3.07. The Morgan fingerprint density at radius 3 is 2.73 bits per heavy atom. The van der Waals surface area contributed by atoms with Gasteiger partial charge in [-0.25, -0.2) is 4.39 Å². The maximum Gasteiger partial charge on any atom is 0.128 e. The third-order valence-corrected chi connectivity index (χ3v) is 3.82. The lowest BCUT2D eigenvalue weighted by Crippen LogP contribution is -2.47. The van der Waals surface area contributed by atoms with Gasteiger partial charge < -0.3 is 11.1 Å². The average Bonchev–Trinajstić information content (AvgIpc) is 2.78. The third-order valence-electron chi connectivity index (χ3n) is 3.82. The summed E-state index contributed by atoms with van der Waals surface area (Å²) in [5.74, 6) is -0.172. The van der Waals surface area contributed by atoms with E-state index >= 15 is 0 Å². The van der Waals surface area contributed by atoms with Crippen LogP contribution in [-0.2, 0) is 5.54 Å². The Hall–Kier alpha value is -0.930. The van der Waals surface area contributed by atoms with Gasteiger partial charge in [0, 0.05) is 17.6 Å². The standard InChI is InChI=1S/C12H15FN2/c13-10-4-2-1-3-9(10)12(14)7-8-5-6-11(12)15-8/h1-4,8,11,15H,5-7,14H2. The number of nitrogens with one attached hydrogen (secondary N) is 1. The lowest BCUT2D eigenvalue weighted by molar-refractivity contribution is 0.330. The molecule has 2 heterocycles. The van der Waals surface area contributed by atoms with Gasteiger partial charge in [-0.1, -0.05) is 18.2 Å². The van der Waals surface area contributed by atoms with E-state index in [1.807, 2.05) is 12.1 Å². The Balaban J connectivity index is 2.04. The van der Waals surface area contributed by atoms with Crippen LogP contribution in [-0.4, -0.2) is 12.1 Å². The molecule has 15 heavy (non-hydrogen) atoms. The molecule has 0 radical (unpaired) electrons. The zero-order valence-corrected chi connectivity index (χ0v) is 8.54. The van der Waals surface area contributed by atoms with Gasteiger partial charge in [0.25, 0.3) is 0 Å². The maximum atomic E-state index is 13.7. The van der Waals surface area contributed by atoms with Crippen LogP contribution in [0.15, 0.2) is 24.3 Å². The molecule has 1 aromatic carbocycles. The molecule has 1 aromatic rings. The van der Waals surface area contributed by atoms with E-state index in [1.54, 1.807) is 6.07 Å². The number of rotatable bonds is 1. The minimum Gasteiger partial charge on any atom is -0.320 e. The number of hydrogen-bond donors (Lipinski definition) is 2. The molecule has 2 bridgehead atoms. The summed E-state index contributed by atoms with van der Waals surface area (Å²) >= 11 is 0. The van der Waals surface area contributed by atoms with Gasteiger partial charge in [-0.05, 0) is 25.3 Å². The molecule has 3 N–H and O–H groups in total.